The predicted molar refractivity (Wildman–Crippen MR) is 62.6 cm³/mol. The molecular formula is C13H14N2O2. The second kappa shape index (κ2) is 3.89. The minimum absolute atomic E-state index is 0.132. The van der Waals surface area contributed by atoms with Crippen LogP contribution in [0.2, 0.25) is 0 Å². The summed E-state index contributed by atoms with van der Waals surface area (Å²) in [7, 11) is 1.93. The number of hydrogen-bond acceptors (Lipinski definition) is 3. The lowest BCUT2D eigenvalue weighted by molar-refractivity contribution is 0.0623. The number of benzene rings is 1. The van der Waals surface area contributed by atoms with E-state index in [1.165, 1.54) is 0 Å². The molecule has 1 aliphatic heterocycles. The van der Waals surface area contributed by atoms with Gasteiger partial charge in [0, 0.05) is 19.0 Å². The van der Waals surface area contributed by atoms with E-state index in [4.69, 9.17) is 4.74 Å². The van der Waals surface area contributed by atoms with E-state index in [0.717, 1.165) is 17.0 Å². The molecule has 2 aromatic rings. The summed E-state index contributed by atoms with van der Waals surface area (Å²) in [5.41, 5.74) is 1.85. The van der Waals surface area contributed by atoms with Crippen molar-refractivity contribution in [1.29, 1.82) is 0 Å². The Hall–Kier alpha value is -1.81. The number of para-hydroxylation sites is 1. The number of aromatic nitrogens is 2. The van der Waals surface area contributed by atoms with Crippen molar-refractivity contribution in [2.75, 3.05) is 0 Å². The van der Waals surface area contributed by atoms with Gasteiger partial charge >= 0.3 is 0 Å². The van der Waals surface area contributed by atoms with Gasteiger partial charge in [-0.1, -0.05) is 18.2 Å². The second-order valence-electron chi connectivity index (χ2n) is 4.33. The average molecular weight is 230 g/mol. The first-order valence-corrected chi connectivity index (χ1v) is 5.65. The van der Waals surface area contributed by atoms with E-state index in [1.54, 1.807) is 12.5 Å². The number of aliphatic hydroxyl groups is 1. The topological polar surface area (TPSA) is 47.3 Å². The van der Waals surface area contributed by atoms with Gasteiger partial charge in [-0.25, -0.2) is 4.98 Å². The number of nitrogens with zero attached hydrogens (tertiary/aromatic N) is 2. The molecule has 1 aliphatic rings. The Bertz CT molecular complexity index is 536. The number of aryl methyl sites for hydroxylation is 1. The molecule has 1 aromatic heterocycles. The summed E-state index contributed by atoms with van der Waals surface area (Å²) < 4.78 is 7.83. The first-order chi connectivity index (χ1) is 8.25. The van der Waals surface area contributed by atoms with Crippen LogP contribution in [0.5, 0.6) is 5.75 Å². The van der Waals surface area contributed by atoms with Gasteiger partial charge in [-0.05, 0) is 6.07 Å². The molecule has 1 aromatic carbocycles. The number of imidazole rings is 1. The highest BCUT2D eigenvalue weighted by atomic mass is 16.5. The highest BCUT2D eigenvalue weighted by molar-refractivity contribution is 5.37. The van der Waals surface area contributed by atoms with E-state index in [2.05, 4.69) is 4.98 Å². The van der Waals surface area contributed by atoms with Crippen molar-refractivity contribution < 1.29 is 9.84 Å². The molecule has 0 amide bonds. The normalized spacial score (nSPS) is 22.9. The van der Waals surface area contributed by atoms with Crippen LogP contribution in [0.4, 0.5) is 0 Å². The van der Waals surface area contributed by atoms with E-state index >= 15 is 0 Å². The van der Waals surface area contributed by atoms with Gasteiger partial charge < -0.3 is 14.4 Å². The number of rotatable bonds is 1. The molecule has 88 valence electrons. The summed E-state index contributed by atoms with van der Waals surface area (Å²) in [5.74, 6) is 0.762. The molecule has 3 rings (SSSR count). The minimum Gasteiger partial charge on any atom is -0.484 e. The van der Waals surface area contributed by atoms with Crippen molar-refractivity contribution in [2.24, 2.45) is 7.05 Å². The van der Waals surface area contributed by atoms with Gasteiger partial charge in [0.05, 0.1) is 24.3 Å². The van der Waals surface area contributed by atoms with Crippen LogP contribution in [0, 0.1) is 0 Å². The van der Waals surface area contributed by atoms with E-state index in [0.29, 0.717) is 6.42 Å². The molecule has 4 nitrogen and oxygen atoms in total. The SMILES string of the molecule is Cn1cncc1C1C[C@H](O)c2ccccc2O1. The summed E-state index contributed by atoms with van der Waals surface area (Å²) in [4.78, 5) is 4.08. The molecule has 0 fully saturated rings. The third-order valence-corrected chi connectivity index (χ3v) is 3.17. The molecule has 0 aliphatic carbocycles. The van der Waals surface area contributed by atoms with Gasteiger partial charge in [0.1, 0.15) is 11.9 Å². The van der Waals surface area contributed by atoms with Gasteiger partial charge in [0.25, 0.3) is 0 Å². The molecular weight excluding hydrogens is 216 g/mol. The Morgan fingerprint density at radius 2 is 2.24 bits per heavy atom. The smallest absolute Gasteiger partial charge is 0.143 e. The van der Waals surface area contributed by atoms with Crippen molar-refractivity contribution >= 4 is 0 Å². The zero-order valence-electron chi connectivity index (χ0n) is 9.58. The summed E-state index contributed by atoms with van der Waals surface area (Å²) in [6.45, 7) is 0. The minimum atomic E-state index is -0.472. The maximum absolute atomic E-state index is 10.1. The molecule has 2 heterocycles. The number of fused-ring (bicyclic) bond motifs is 1. The Kier molecular flexibility index (Phi) is 2.37. The molecule has 1 unspecified atom stereocenters. The number of ether oxygens (including phenoxy) is 1. The van der Waals surface area contributed by atoms with Crippen LogP contribution < -0.4 is 4.74 Å². The average Bonchev–Trinajstić information content (AvgIpc) is 2.75. The van der Waals surface area contributed by atoms with Crippen LogP contribution in [0.25, 0.3) is 0 Å². The van der Waals surface area contributed by atoms with Crippen LogP contribution in [-0.2, 0) is 7.05 Å². The predicted octanol–water partition coefficient (Wildman–Crippen LogP) is 1.98. The standard InChI is InChI=1S/C13H14N2O2/c1-15-8-14-7-10(15)13-6-11(16)9-4-2-3-5-12(9)17-13/h2-5,7-8,11,13,16H,6H2,1H3/t11-,13?/m0/s1. The summed E-state index contributed by atoms with van der Waals surface area (Å²) in [5, 5.41) is 10.1. The van der Waals surface area contributed by atoms with Crippen molar-refractivity contribution in [3.05, 3.63) is 48.0 Å². The van der Waals surface area contributed by atoms with Gasteiger partial charge in [0.15, 0.2) is 0 Å². The third-order valence-electron chi connectivity index (χ3n) is 3.17. The molecule has 17 heavy (non-hydrogen) atoms. The Balaban J connectivity index is 1.96. The zero-order valence-corrected chi connectivity index (χ0v) is 9.58. The fourth-order valence-corrected chi connectivity index (χ4v) is 2.25. The first-order valence-electron chi connectivity index (χ1n) is 5.65. The summed E-state index contributed by atoms with van der Waals surface area (Å²) >= 11 is 0. The Morgan fingerprint density at radius 3 is 3.00 bits per heavy atom. The Labute approximate surface area is 99.5 Å². The highest BCUT2D eigenvalue weighted by Gasteiger charge is 2.29. The molecule has 1 N–H and O–H groups in total. The molecule has 4 heteroatoms. The molecule has 0 bridgehead atoms. The van der Waals surface area contributed by atoms with E-state index in [9.17, 15) is 5.11 Å². The second-order valence-corrected chi connectivity index (χ2v) is 4.33. The van der Waals surface area contributed by atoms with Crippen LogP contribution in [0.15, 0.2) is 36.8 Å². The lowest BCUT2D eigenvalue weighted by Gasteiger charge is -2.29. The number of hydrogen-bond donors (Lipinski definition) is 1. The molecule has 0 radical (unpaired) electrons. The fourth-order valence-electron chi connectivity index (χ4n) is 2.25. The largest absolute Gasteiger partial charge is 0.484 e. The summed E-state index contributed by atoms with van der Waals surface area (Å²) in [6, 6.07) is 7.62. The summed E-state index contributed by atoms with van der Waals surface area (Å²) in [6.07, 6.45) is 3.49. The highest BCUT2D eigenvalue weighted by Crippen LogP contribution is 2.40. The van der Waals surface area contributed by atoms with E-state index in [-0.39, 0.29) is 6.10 Å². The van der Waals surface area contributed by atoms with Gasteiger partial charge in [-0.15, -0.1) is 0 Å². The quantitative estimate of drug-likeness (QED) is 0.814. The number of aliphatic hydroxyl groups excluding tert-OH is 1. The van der Waals surface area contributed by atoms with Gasteiger partial charge in [-0.3, -0.25) is 0 Å². The van der Waals surface area contributed by atoms with E-state index < -0.39 is 6.10 Å². The fraction of sp³-hybridized carbons (Fsp3) is 0.308. The van der Waals surface area contributed by atoms with Crippen molar-refractivity contribution in [3.8, 4) is 5.75 Å². The van der Waals surface area contributed by atoms with Crippen LogP contribution >= 0.6 is 0 Å². The van der Waals surface area contributed by atoms with Crippen molar-refractivity contribution in [3.63, 3.8) is 0 Å². The monoisotopic (exact) mass is 230 g/mol. The molecule has 0 saturated heterocycles. The lowest BCUT2D eigenvalue weighted by Crippen LogP contribution is -2.20. The van der Waals surface area contributed by atoms with Crippen LogP contribution in [0.1, 0.15) is 29.9 Å². The Morgan fingerprint density at radius 1 is 1.41 bits per heavy atom. The molecule has 0 saturated carbocycles. The van der Waals surface area contributed by atoms with Crippen LogP contribution in [-0.4, -0.2) is 14.7 Å². The van der Waals surface area contributed by atoms with Crippen molar-refractivity contribution in [1.82, 2.24) is 9.55 Å². The molecule has 0 spiro atoms. The van der Waals surface area contributed by atoms with Gasteiger partial charge in [0.2, 0.25) is 0 Å². The first kappa shape index (κ1) is 10.4. The maximum atomic E-state index is 10.1. The van der Waals surface area contributed by atoms with Crippen LogP contribution in [0.3, 0.4) is 0 Å². The maximum Gasteiger partial charge on any atom is 0.143 e. The zero-order chi connectivity index (χ0) is 11.8. The third kappa shape index (κ3) is 1.70. The van der Waals surface area contributed by atoms with Gasteiger partial charge in [-0.2, -0.15) is 0 Å². The van der Waals surface area contributed by atoms with E-state index in [1.807, 2.05) is 35.9 Å². The lowest BCUT2D eigenvalue weighted by atomic mass is 9.98. The molecule has 2 atom stereocenters. The van der Waals surface area contributed by atoms with Crippen molar-refractivity contribution in [2.45, 2.75) is 18.6 Å².